The smallest absolute Gasteiger partial charge is 0.266 e. The molecular weight excluding hydrogens is 202 g/mol. The number of fused-ring (bicyclic) bond motifs is 1. The molecule has 0 spiro atoms. The van der Waals surface area contributed by atoms with Crippen molar-refractivity contribution in [1.82, 2.24) is 9.97 Å². The molecule has 14 heavy (non-hydrogen) atoms. The van der Waals surface area contributed by atoms with E-state index in [1.165, 1.54) is 0 Å². The number of hydrogen-bond acceptors (Lipinski definition) is 2. The minimum absolute atomic E-state index is 0.208. The predicted molar refractivity (Wildman–Crippen MR) is 54.4 cm³/mol. The number of carbonyl (C=O) groups excluding carboxylic acids is 1. The average Bonchev–Trinajstić information content (AvgIpc) is 2.43. The largest absolute Gasteiger partial charge is 0.364 e. The minimum Gasteiger partial charge on any atom is -0.364 e. The molecule has 0 aliphatic heterocycles. The number of nitrogens with zero attached hydrogens (tertiary/aromatic N) is 1. The van der Waals surface area contributed by atoms with Gasteiger partial charge in [0.25, 0.3) is 5.91 Å². The summed E-state index contributed by atoms with van der Waals surface area (Å²) in [5.41, 5.74) is 6.78. The molecule has 1 amide bonds. The number of hydrogen-bond donors (Lipinski definition) is 2. The second-order valence-electron chi connectivity index (χ2n) is 3.03. The molecule has 0 aliphatic carbocycles. The predicted octanol–water partition coefficient (Wildman–Crippen LogP) is 1.62. The van der Waals surface area contributed by atoms with E-state index in [9.17, 15) is 4.79 Å². The highest BCUT2D eigenvalue weighted by Gasteiger charge is 2.13. The van der Waals surface area contributed by atoms with Crippen LogP contribution in [0, 0.1) is 6.92 Å². The monoisotopic (exact) mass is 209 g/mol. The number of nitrogens with two attached hydrogens (primary N) is 1. The molecule has 0 radical (unpaired) electrons. The first-order valence-electron chi connectivity index (χ1n) is 4.04. The number of primary amides is 1. The van der Waals surface area contributed by atoms with Crippen LogP contribution in [0.4, 0.5) is 0 Å². The van der Waals surface area contributed by atoms with Crippen molar-refractivity contribution in [1.29, 1.82) is 0 Å². The van der Waals surface area contributed by atoms with Crippen molar-refractivity contribution in [2.45, 2.75) is 6.92 Å². The van der Waals surface area contributed by atoms with Gasteiger partial charge in [0.15, 0.2) is 0 Å². The summed E-state index contributed by atoms with van der Waals surface area (Å²) in [6.07, 6.45) is 0. The Morgan fingerprint density at radius 3 is 2.93 bits per heavy atom. The summed E-state index contributed by atoms with van der Waals surface area (Å²) in [7, 11) is 0. The van der Waals surface area contributed by atoms with E-state index in [0.29, 0.717) is 16.1 Å². The molecule has 0 aromatic carbocycles. The van der Waals surface area contributed by atoms with Crippen LogP contribution in [-0.4, -0.2) is 15.9 Å². The Morgan fingerprint density at radius 2 is 2.29 bits per heavy atom. The summed E-state index contributed by atoms with van der Waals surface area (Å²) in [5.74, 6) is -0.578. The average molecular weight is 210 g/mol. The second-order valence-corrected chi connectivity index (χ2v) is 3.40. The lowest BCUT2D eigenvalue weighted by molar-refractivity contribution is 0.0996. The number of H-pyrrole nitrogens is 1. The maximum atomic E-state index is 11.0. The topological polar surface area (TPSA) is 71.8 Å². The van der Waals surface area contributed by atoms with Crippen LogP contribution in [0.2, 0.25) is 5.02 Å². The highest BCUT2D eigenvalue weighted by Crippen LogP contribution is 2.25. The summed E-state index contributed by atoms with van der Waals surface area (Å²) in [6, 6.07) is 3.63. The number of aromatic nitrogens is 2. The van der Waals surface area contributed by atoms with Gasteiger partial charge >= 0.3 is 0 Å². The fourth-order valence-electron chi connectivity index (χ4n) is 1.31. The number of aryl methyl sites for hydroxylation is 1. The highest BCUT2D eigenvalue weighted by molar-refractivity contribution is 6.38. The van der Waals surface area contributed by atoms with E-state index in [0.717, 1.165) is 5.69 Å². The van der Waals surface area contributed by atoms with Gasteiger partial charge < -0.3 is 10.7 Å². The standard InChI is InChI=1S/C9H8ClN3O/c1-4-2-3-5-6(10)7(8(11)14)13-9(5)12-4/h2-3H,1H3,(H2,11,14)(H,12,13). The van der Waals surface area contributed by atoms with Crippen LogP contribution in [-0.2, 0) is 0 Å². The van der Waals surface area contributed by atoms with Gasteiger partial charge in [-0.25, -0.2) is 4.98 Å². The van der Waals surface area contributed by atoms with Gasteiger partial charge in [0.05, 0.1) is 5.02 Å². The lowest BCUT2D eigenvalue weighted by Gasteiger charge is -1.90. The Hall–Kier alpha value is -1.55. The van der Waals surface area contributed by atoms with Crippen molar-refractivity contribution < 1.29 is 4.79 Å². The summed E-state index contributed by atoms with van der Waals surface area (Å²) >= 11 is 5.93. The molecule has 0 atom stereocenters. The lowest BCUT2D eigenvalue weighted by Crippen LogP contribution is -2.11. The normalized spacial score (nSPS) is 10.7. The van der Waals surface area contributed by atoms with Crippen LogP contribution in [0.25, 0.3) is 11.0 Å². The number of carbonyl (C=O) groups is 1. The molecule has 2 aromatic rings. The van der Waals surface area contributed by atoms with Gasteiger partial charge in [0.1, 0.15) is 11.3 Å². The Balaban J connectivity index is 2.79. The zero-order chi connectivity index (χ0) is 10.3. The minimum atomic E-state index is -0.578. The van der Waals surface area contributed by atoms with Crippen molar-refractivity contribution in [3.8, 4) is 0 Å². The number of halogens is 1. The first-order chi connectivity index (χ1) is 6.59. The molecule has 0 saturated heterocycles. The molecule has 2 rings (SSSR count). The van der Waals surface area contributed by atoms with E-state index in [4.69, 9.17) is 17.3 Å². The Bertz CT molecular complexity index is 518. The number of aromatic amines is 1. The third kappa shape index (κ3) is 1.24. The molecule has 72 valence electrons. The van der Waals surface area contributed by atoms with E-state index in [-0.39, 0.29) is 5.69 Å². The van der Waals surface area contributed by atoms with Crippen LogP contribution in [0.3, 0.4) is 0 Å². The number of nitrogens with one attached hydrogen (secondary N) is 1. The van der Waals surface area contributed by atoms with Gasteiger partial charge in [-0.2, -0.15) is 0 Å². The maximum absolute atomic E-state index is 11.0. The summed E-state index contributed by atoms with van der Waals surface area (Å²) < 4.78 is 0. The van der Waals surface area contributed by atoms with E-state index in [2.05, 4.69) is 9.97 Å². The summed E-state index contributed by atoms with van der Waals surface area (Å²) in [4.78, 5) is 17.9. The number of rotatable bonds is 1. The third-order valence-corrected chi connectivity index (χ3v) is 2.37. The van der Waals surface area contributed by atoms with E-state index in [1.54, 1.807) is 0 Å². The number of pyridine rings is 1. The van der Waals surface area contributed by atoms with Crippen LogP contribution in [0.15, 0.2) is 12.1 Å². The molecule has 0 unspecified atom stereocenters. The van der Waals surface area contributed by atoms with Crippen LogP contribution >= 0.6 is 11.6 Å². The van der Waals surface area contributed by atoms with Gasteiger partial charge in [-0.3, -0.25) is 4.79 Å². The quantitative estimate of drug-likeness (QED) is 0.749. The molecular formula is C9H8ClN3O. The van der Waals surface area contributed by atoms with Gasteiger partial charge in [-0.05, 0) is 19.1 Å². The number of amides is 1. The molecule has 4 nitrogen and oxygen atoms in total. The summed E-state index contributed by atoms with van der Waals surface area (Å²) in [5, 5.41) is 1.05. The second kappa shape index (κ2) is 2.99. The van der Waals surface area contributed by atoms with Crippen molar-refractivity contribution in [3.05, 3.63) is 28.5 Å². The van der Waals surface area contributed by atoms with Crippen molar-refractivity contribution in [2.24, 2.45) is 5.73 Å². The van der Waals surface area contributed by atoms with E-state index in [1.807, 2.05) is 19.1 Å². The first-order valence-corrected chi connectivity index (χ1v) is 4.42. The fourth-order valence-corrected chi connectivity index (χ4v) is 1.60. The molecule has 2 aromatic heterocycles. The maximum Gasteiger partial charge on any atom is 0.266 e. The highest BCUT2D eigenvalue weighted by atomic mass is 35.5. The lowest BCUT2D eigenvalue weighted by atomic mass is 10.3. The van der Waals surface area contributed by atoms with Gasteiger partial charge in [0, 0.05) is 11.1 Å². The molecule has 2 heterocycles. The third-order valence-electron chi connectivity index (χ3n) is 1.98. The molecule has 0 bridgehead atoms. The van der Waals surface area contributed by atoms with E-state index < -0.39 is 5.91 Å². The SMILES string of the molecule is Cc1ccc2c(Cl)c(C(N)=O)[nH]c2n1. The Labute approximate surface area is 85.1 Å². The van der Waals surface area contributed by atoms with Crippen molar-refractivity contribution in [2.75, 3.05) is 0 Å². The zero-order valence-electron chi connectivity index (χ0n) is 7.47. The fraction of sp³-hybridized carbons (Fsp3) is 0.111. The van der Waals surface area contributed by atoms with Gasteiger partial charge in [-0.1, -0.05) is 11.6 Å². The molecule has 0 saturated carbocycles. The van der Waals surface area contributed by atoms with Crippen molar-refractivity contribution in [3.63, 3.8) is 0 Å². The van der Waals surface area contributed by atoms with Crippen molar-refractivity contribution >= 4 is 28.5 Å². The molecule has 0 aliphatic rings. The first kappa shape index (κ1) is 9.02. The molecule has 3 N–H and O–H groups in total. The van der Waals surface area contributed by atoms with Gasteiger partial charge in [-0.15, -0.1) is 0 Å². The van der Waals surface area contributed by atoms with Gasteiger partial charge in [0.2, 0.25) is 0 Å². The Kier molecular flexibility index (Phi) is 1.93. The molecule has 5 heteroatoms. The van der Waals surface area contributed by atoms with Crippen LogP contribution in [0.1, 0.15) is 16.2 Å². The molecule has 0 fully saturated rings. The van der Waals surface area contributed by atoms with Crippen LogP contribution in [0.5, 0.6) is 0 Å². The summed E-state index contributed by atoms with van der Waals surface area (Å²) in [6.45, 7) is 1.86. The van der Waals surface area contributed by atoms with E-state index >= 15 is 0 Å². The van der Waals surface area contributed by atoms with Crippen LogP contribution < -0.4 is 5.73 Å². The zero-order valence-corrected chi connectivity index (χ0v) is 8.22. The Morgan fingerprint density at radius 1 is 1.57 bits per heavy atom.